The summed E-state index contributed by atoms with van der Waals surface area (Å²) in [5.41, 5.74) is 3.59. The molecular formula is C18H20N2O3. The molecule has 1 atom stereocenters. The van der Waals surface area contributed by atoms with Crippen LogP contribution in [0.3, 0.4) is 0 Å². The Hall–Kier alpha value is -2.40. The van der Waals surface area contributed by atoms with Gasteiger partial charge in [-0.2, -0.15) is 0 Å². The monoisotopic (exact) mass is 312 g/mol. The molecule has 0 saturated carbocycles. The number of hydrogen-bond donors (Lipinski definition) is 2. The Morgan fingerprint density at radius 2 is 2.22 bits per heavy atom. The second kappa shape index (κ2) is 6.79. The minimum atomic E-state index is -0.233. The average molecular weight is 312 g/mol. The van der Waals surface area contributed by atoms with Gasteiger partial charge < -0.3 is 15.2 Å². The second-order valence-corrected chi connectivity index (χ2v) is 5.64. The van der Waals surface area contributed by atoms with Crippen LogP contribution in [0.15, 0.2) is 36.7 Å². The maximum absolute atomic E-state index is 12.3. The molecule has 1 aromatic heterocycles. The third-order valence-electron chi connectivity index (χ3n) is 4.07. The fraction of sp³-hybridized carbons (Fsp3) is 0.333. The van der Waals surface area contributed by atoms with Crippen molar-refractivity contribution in [1.82, 2.24) is 10.3 Å². The van der Waals surface area contributed by atoms with Crippen LogP contribution in [0, 0.1) is 0 Å². The molecule has 23 heavy (non-hydrogen) atoms. The number of nitrogens with zero attached hydrogens (tertiary/aromatic N) is 1. The van der Waals surface area contributed by atoms with Crippen LogP contribution in [-0.2, 0) is 6.42 Å². The molecule has 0 saturated heterocycles. The van der Waals surface area contributed by atoms with Crippen molar-refractivity contribution >= 4 is 5.91 Å². The van der Waals surface area contributed by atoms with Crippen LogP contribution in [0.25, 0.3) is 11.1 Å². The van der Waals surface area contributed by atoms with Crippen molar-refractivity contribution < 1.29 is 14.6 Å². The van der Waals surface area contributed by atoms with Gasteiger partial charge in [-0.05, 0) is 35.7 Å². The van der Waals surface area contributed by atoms with Crippen molar-refractivity contribution in [2.45, 2.75) is 25.8 Å². The number of aliphatic hydroxyl groups excluding tert-OH is 1. The van der Waals surface area contributed by atoms with E-state index in [1.54, 1.807) is 12.4 Å². The Morgan fingerprint density at radius 3 is 3.00 bits per heavy atom. The van der Waals surface area contributed by atoms with E-state index in [2.05, 4.69) is 16.4 Å². The average Bonchev–Trinajstić information content (AvgIpc) is 3.07. The number of carbonyl (C=O) groups is 1. The fourth-order valence-electron chi connectivity index (χ4n) is 2.63. The van der Waals surface area contributed by atoms with Crippen LogP contribution < -0.4 is 10.1 Å². The molecule has 0 bridgehead atoms. The molecule has 0 fully saturated rings. The molecule has 3 rings (SSSR count). The minimum Gasteiger partial charge on any atom is -0.493 e. The normalized spacial score (nSPS) is 14.0. The zero-order valence-corrected chi connectivity index (χ0v) is 13.1. The number of hydrogen-bond acceptors (Lipinski definition) is 4. The summed E-state index contributed by atoms with van der Waals surface area (Å²) >= 11 is 0. The van der Waals surface area contributed by atoms with Crippen molar-refractivity contribution in [1.29, 1.82) is 0 Å². The summed E-state index contributed by atoms with van der Waals surface area (Å²) in [5.74, 6) is 0.717. The van der Waals surface area contributed by atoms with Gasteiger partial charge >= 0.3 is 0 Å². The van der Waals surface area contributed by atoms with Gasteiger partial charge in [0.15, 0.2) is 0 Å². The minimum absolute atomic E-state index is 0.0693. The second-order valence-electron chi connectivity index (χ2n) is 5.64. The molecule has 1 aromatic carbocycles. The van der Waals surface area contributed by atoms with E-state index in [9.17, 15) is 9.90 Å². The SMILES string of the molecule is CCC(CO)NC(=O)c1cncc(-c2ccc3c(c2)CCO3)c1. The molecule has 5 nitrogen and oxygen atoms in total. The lowest BCUT2D eigenvalue weighted by atomic mass is 10.0. The highest BCUT2D eigenvalue weighted by atomic mass is 16.5. The lowest BCUT2D eigenvalue weighted by molar-refractivity contribution is 0.0914. The molecule has 1 unspecified atom stereocenters. The highest BCUT2D eigenvalue weighted by Gasteiger charge is 2.15. The van der Waals surface area contributed by atoms with E-state index in [-0.39, 0.29) is 18.6 Å². The number of pyridine rings is 1. The molecule has 5 heteroatoms. The molecule has 2 heterocycles. The lowest BCUT2D eigenvalue weighted by Gasteiger charge is -2.14. The summed E-state index contributed by atoms with van der Waals surface area (Å²) in [6.07, 6.45) is 4.88. The molecule has 120 valence electrons. The predicted molar refractivity (Wildman–Crippen MR) is 87.5 cm³/mol. The molecule has 1 aliphatic heterocycles. The standard InChI is InChI=1S/C18H20N2O3/c1-2-16(11-21)20-18(22)15-8-14(9-19-10-15)12-3-4-17-13(7-12)5-6-23-17/h3-4,7-10,16,21H,2,5-6,11H2,1H3,(H,20,22). The van der Waals surface area contributed by atoms with Gasteiger partial charge in [0.25, 0.3) is 5.91 Å². The first-order valence-corrected chi connectivity index (χ1v) is 7.84. The molecule has 2 aromatic rings. The summed E-state index contributed by atoms with van der Waals surface area (Å²) in [4.78, 5) is 16.4. The first-order valence-electron chi connectivity index (χ1n) is 7.84. The van der Waals surface area contributed by atoms with Crippen molar-refractivity contribution in [3.8, 4) is 16.9 Å². The molecule has 0 spiro atoms. The van der Waals surface area contributed by atoms with Crippen molar-refractivity contribution in [3.05, 3.63) is 47.8 Å². The molecule has 1 amide bonds. The van der Waals surface area contributed by atoms with Crippen LogP contribution in [0.4, 0.5) is 0 Å². The number of aliphatic hydroxyl groups is 1. The maximum Gasteiger partial charge on any atom is 0.253 e. The summed E-state index contributed by atoms with van der Waals surface area (Å²) in [5, 5.41) is 12.0. The van der Waals surface area contributed by atoms with Gasteiger partial charge in [0.05, 0.1) is 24.8 Å². The van der Waals surface area contributed by atoms with Gasteiger partial charge in [-0.3, -0.25) is 9.78 Å². The number of fused-ring (bicyclic) bond motifs is 1. The largest absolute Gasteiger partial charge is 0.493 e. The summed E-state index contributed by atoms with van der Waals surface area (Å²) in [6, 6.07) is 7.62. The number of carbonyl (C=O) groups excluding carboxylic acids is 1. The van der Waals surface area contributed by atoms with E-state index in [1.807, 2.05) is 25.1 Å². The van der Waals surface area contributed by atoms with E-state index in [4.69, 9.17) is 4.74 Å². The first-order chi connectivity index (χ1) is 11.2. The third-order valence-corrected chi connectivity index (χ3v) is 4.07. The number of amides is 1. The van der Waals surface area contributed by atoms with Crippen molar-refractivity contribution in [3.63, 3.8) is 0 Å². The van der Waals surface area contributed by atoms with Gasteiger partial charge in [-0.25, -0.2) is 0 Å². The fourth-order valence-corrected chi connectivity index (χ4v) is 2.63. The van der Waals surface area contributed by atoms with Crippen molar-refractivity contribution in [2.75, 3.05) is 13.2 Å². The van der Waals surface area contributed by atoms with Crippen LogP contribution in [0.1, 0.15) is 29.3 Å². The molecular weight excluding hydrogens is 292 g/mol. The van der Waals surface area contributed by atoms with Crippen molar-refractivity contribution in [2.24, 2.45) is 0 Å². The van der Waals surface area contributed by atoms with Crippen LogP contribution in [0.2, 0.25) is 0 Å². The molecule has 2 N–H and O–H groups in total. The topological polar surface area (TPSA) is 71.5 Å². The summed E-state index contributed by atoms with van der Waals surface area (Å²) in [7, 11) is 0. The van der Waals surface area contributed by atoms with Gasteiger partial charge in [0, 0.05) is 24.4 Å². The molecule has 1 aliphatic rings. The van der Waals surface area contributed by atoms with E-state index >= 15 is 0 Å². The number of aromatic nitrogens is 1. The number of benzene rings is 1. The first kappa shape index (κ1) is 15.5. The Morgan fingerprint density at radius 1 is 1.35 bits per heavy atom. The number of ether oxygens (including phenoxy) is 1. The number of nitrogens with one attached hydrogen (secondary N) is 1. The third kappa shape index (κ3) is 3.35. The van der Waals surface area contributed by atoms with E-state index in [0.29, 0.717) is 12.0 Å². The number of rotatable bonds is 5. The van der Waals surface area contributed by atoms with Crippen LogP contribution >= 0.6 is 0 Å². The Kier molecular flexibility index (Phi) is 4.57. The Labute approximate surface area is 135 Å². The zero-order valence-electron chi connectivity index (χ0n) is 13.1. The quantitative estimate of drug-likeness (QED) is 0.888. The summed E-state index contributed by atoms with van der Waals surface area (Å²) in [6.45, 7) is 2.57. The van der Waals surface area contributed by atoms with Gasteiger partial charge in [0.1, 0.15) is 5.75 Å². The van der Waals surface area contributed by atoms with Crippen LogP contribution in [-0.4, -0.2) is 35.3 Å². The van der Waals surface area contributed by atoms with Gasteiger partial charge in [-0.1, -0.05) is 13.0 Å². The van der Waals surface area contributed by atoms with E-state index in [0.717, 1.165) is 29.9 Å². The molecule has 0 radical (unpaired) electrons. The Balaban J connectivity index is 1.84. The summed E-state index contributed by atoms with van der Waals surface area (Å²) < 4.78 is 5.52. The lowest BCUT2D eigenvalue weighted by Crippen LogP contribution is -2.36. The predicted octanol–water partition coefficient (Wildman–Crippen LogP) is 2.18. The Bertz CT molecular complexity index is 711. The van der Waals surface area contributed by atoms with Gasteiger partial charge in [0.2, 0.25) is 0 Å². The van der Waals surface area contributed by atoms with E-state index in [1.165, 1.54) is 5.56 Å². The zero-order chi connectivity index (χ0) is 16.2. The highest BCUT2D eigenvalue weighted by Crippen LogP contribution is 2.30. The van der Waals surface area contributed by atoms with Crippen LogP contribution in [0.5, 0.6) is 5.75 Å². The smallest absolute Gasteiger partial charge is 0.253 e. The highest BCUT2D eigenvalue weighted by molar-refractivity contribution is 5.95. The van der Waals surface area contributed by atoms with E-state index < -0.39 is 0 Å². The van der Waals surface area contributed by atoms with Gasteiger partial charge in [-0.15, -0.1) is 0 Å². The molecule has 0 aliphatic carbocycles. The maximum atomic E-state index is 12.3.